The molecule has 1 aliphatic rings. The average molecular weight is 388 g/mol. The minimum atomic E-state index is -0.0826. The van der Waals surface area contributed by atoms with Gasteiger partial charge in [-0.2, -0.15) is 0 Å². The second-order valence-corrected chi connectivity index (χ2v) is 7.34. The number of anilines is 1. The lowest BCUT2D eigenvalue weighted by molar-refractivity contribution is -0.121. The summed E-state index contributed by atoms with van der Waals surface area (Å²) >= 11 is 0. The molecule has 29 heavy (non-hydrogen) atoms. The van der Waals surface area contributed by atoms with Crippen LogP contribution in [0.2, 0.25) is 0 Å². The van der Waals surface area contributed by atoms with Crippen molar-refractivity contribution < 1.29 is 9.59 Å². The van der Waals surface area contributed by atoms with Crippen molar-refractivity contribution in [3.05, 3.63) is 78.4 Å². The first-order valence-corrected chi connectivity index (χ1v) is 9.87. The maximum absolute atomic E-state index is 12.5. The minimum Gasteiger partial charge on any atom is -0.349 e. The molecule has 1 N–H and O–H groups in total. The fourth-order valence-corrected chi connectivity index (χ4v) is 3.62. The van der Waals surface area contributed by atoms with Crippen molar-refractivity contribution in [2.75, 3.05) is 11.4 Å². The van der Waals surface area contributed by atoms with Gasteiger partial charge in [0.15, 0.2) is 0 Å². The third-order valence-electron chi connectivity index (χ3n) is 5.26. The SMILES string of the molecule is C[C@@H](NC(=O)Cc1ccc(N2CCCC2=O)cc1)c1ccc(-n2ccnc2)cc1. The Morgan fingerprint density at radius 3 is 2.45 bits per heavy atom. The molecule has 148 valence electrons. The Morgan fingerprint density at radius 1 is 1.10 bits per heavy atom. The second kappa shape index (κ2) is 8.31. The first-order valence-electron chi connectivity index (χ1n) is 9.87. The molecule has 3 aromatic rings. The lowest BCUT2D eigenvalue weighted by atomic mass is 10.1. The minimum absolute atomic E-state index is 0.0267. The van der Waals surface area contributed by atoms with Crippen molar-refractivity contribution in [1.29, 1.82) is 0 Å². The standard InChI is InChI=1S/C23H24N4O2/c1-17(19-6-10-20(11-7-19)26-14-12-24-16-26)25-22(28)15-18-4-8-21(9-5-18)27-13-2-3-23(27)29/h4-12,14,16-17H,2-3,13,15H2,1H3,(H,25,28)/t17-/m1/s1. The summed E-state index contributed by atoms with van der Waals surface area (Å²) in [5.41, 5.74) is 3.91. The summed E-state index contributed by atoms with van der Waals surface area (Å²) in [7, 11) is 0. The molecule has 1 aromatic heterocycles. The third-order valence-corrected chi connectivity index (χ3v) is 5.26. The first-order chi connectivity index (χ1) is 14.1. The highest BCUT2D eigenvalue weighted by atomic mass is 16.2. The summed E-state index contributed by atoms with van der Waals surface area (Å²) in [6.45, 7) is 2.75. The van der Waals surface area contributed by atoms with Gasteiger partial charge >= 0.3 is 0 Å². The van der Waals surface area contributed by atoms with E-state index >= 15 is 0 Å². The topological polar surface area (TPSA) is 67.2 Å². The second-order valence-electron chi connectivity index (χ2n) is 7.34. The average Bonchev–Trinajstić information content (AvgIpc) is 3.41. The van der Waals surface area contributed by atoms with E-state index in [1.54, 1.807) is 17.4 Å². The van der Waals surface area contributed by atoms with Gasteiger partial charge < -0.3 is 14.8 Å². The molecule has 4 rings (SSSR count). The molecule has 2 amide bonds. The number of imidazole rings is 1. The van der Waals surface area contributed by atoms with Gasteiger partial charge in [-0.25, -0.2) is 4.98 Å². The van der Waals surface area contributed by atoms with Gasteiger partial charge in [0.1, 0.15) is 0 Å². The summed E-state index contributed by atoms with van der Waals surface area (Å²) in [4.78, 5) is 30.2. The number of nitrogens with one attached hydrogen (secondary N) is 1. The van der Waals surface area contributed by atoms with Crippen LogP contribution in [-0.4, -0.2) is 27.9 Å². The third kappa shape index (κ3) is 4.37. The van der Waals surface area contributed by atoms with E-state index in [2.05, 4.69) is 10.3 Å². The van der Waals surface area contributed by atoms with Crippen LogP contribution in [0.1, 0.15) is 36.9 Å². The number of amides is 2. The molecule has 1 saturated heterocycles. The van der Waals surface area contributed by atoms with Gasteiger partial charge in [0, 0.05) is 36.7 Å². The van der Waals surface area contributed by atoms with Crippen molar-refractivity contribution in [2.45, 2.75) is 32.2 Å². The number of carbonyl (C=O) groups is 2. The molecule has 0 aliphatic carbocycles. The number of hydrogen-bond acceptors (Lipinski definition) is 3. The molecule has 1 fully saturated rings. The van der Waals surface area contributed by atoms with Gasteiger partial charge in [0.05, 0.1) is 18.8 Å². The Labute approximate surface area is 170 Å². The zero-order chi connectivity index (χ0) is 20.2. The Hall–Kier alpha value is -3.41. The molecule has 2 aromatic carbocycles. The smallest absolute Gasteiger partial charge is 0.227 e. The van der Waals surface area contributed by atoms with Crippen molar-refractivity contribution in [2.24, 2.45) is 0 Å². The summed E-state index contributed by atoms with van der Waals surface area (Å²) in [5, 5.41) is 3.05. The highest BCUT2D eigenvalue weighted by molar-refractivity contribution is 5.95. The molecule has 0 radical (unpaired) electrons. The van der Waals surface area contributed by atoms with Crippen LogP contribution >= 0.6 is 0 Å². The van der Waals surface area contributed by atoms with Crippen molar-refractivity contribution in [3.63, 3.8) is 0 Å². The van der Waals surface area contributed by atoms with Crippen LogP contribution in [0.25, 0.3) is 5.69 Å². The monoisotopic (exact) mass is 388 g/mol. The summed E-state index contributed by atoms with van der Waals surface area (Å²) in [6.07, 6.45) is 7.23. The van der Waals surface area contributed by atoms with Crippen LogP contribution in [0.4, 0.5) is 5.69 Å². The summed E-state index contributed by atoms with van der Waals surface area (Å²) in [6, 6.07) is 15.7. The Bertz CT molecular complexity index is 979. The zero-order valence-corrected chi connectivity index (χ0v) is 16.4. The van der Waals surface area contributed by atoms with Crippen LogP contribution in [0.5, 0.6) is 0 Å². The van der Waals surface area contributed by atoms with Crippen LogP contribution in [0.15, 0.2) is 67.3 Å². The lowest BCUT2D eigenvalue weighted by Crippen LogP contribution is -2.28. The van der Waals surface area contributed by atoms with Crippen LogP contribution in [-0.2, 0) is 16.0 Å². The van der Waals surface area contributed by atoms with E-state index in [4.69, 9.17) is 0 Å². The van der Waals surface area contributed by atoms with E-state index in [-0.39, 0.29) is 17.9 Å². The molecule has 0 saturated carbocycles. The Balaban J connectivity index is 1.33. The zero-order valence-electron chi connectivity index (χ0n) is 16.4. The fraction of sp³-hybridized carbons (Fsp3) is 0.261. The number of rotatable bonds is 6. The fourth-order valence-electron chi connectivity index (χ4n) is 3.62. The molecule has 6 heteroatoms. The van der Waals surface area contributed by atoms with Gasteiger partial charge in [0.2, 0.25) is 11.8 Å². The number of hydrogen-bond donors (Lipinski definition) is 1. The van der Waals surface area contributed by atoms with Crippen molar-refractivity contribution in [3.8, 4) is 5.69 Å². The van der Waals surface area contributed by atoms with E-state index < -0.39 is 0 Å². The number of nitrogens with zero attached hydrogens (tertiary/aromatic N) is 3. The first kappa shape index (κ1) is 18.9. The van der Waals surface area contributed by atoms with E-state index in [9.17, 15) is 9.59 Å². The summed E-state index contributed by atoms with van der Waals surface area (Å²) < 4.78 is 1.94. The molecule has 0 bridgehead atoms. The predicted octanol–water partition coefficient (Wildman–Crippen LogP) is 3.42. The molecular formula is C23H24N4O2. The molecule has 1 atom stereocenters. The van der Waals surface area contributed by atoms with Gasteiger partial charge in [-0.15, -0.1) is 0 Å². The van der Waals surface area contributed by atoms with E-state index in [0.717, 1.165) is 35.5 Å². The van der Waals surface area contributed by atoms with Gasteiger partial charge in [-0.1, -0.05) is 24.3 Å². The molecule has 1 aliphatic heterocycles. The number of benzene rings is 2. The molecule has 6 nitrogen and oxygen atoms in total. The van der Waals surface area contributed by atoms with E-state index in [1.165, 1.54) is 0 Å². The molecule has 0 unspecified atom stereocenters. The summed E-state index contributed by atoms with van der Waals surface area (Å²) in [5.74, 6) is 0.143. The van der Waals surface area contributed by atoms with E-state index in [0.29, 0.717) is 12.8 Å². The largest absolute Gasteiger partial charge is 0.349 e. The highest BCUT2D eigenvalue weighted by Crippen LogP contribution is 2.22. The van der Waals surface area contributed by atoms with E-state index in [1.807, 2.05) is 66.2 Å². The Kier molecular flexibility index (Phi) is 5.42. The quantitative estimate of drug-likeness (QED) is 0.704. The van der Waals surface area contributed by atoms with Crippen LogP contribution < -0.4 is 10.2 Å². The molecule has 2 heterocycles. The normalized spacial score (nSPS) is 14.8. The van der Waals surface area contributed by atoms with Gasteiger partial charge in [-0.05, 0) is 48.7 Å². The molecule has 0 spiro atoms. The Morgan fingerprint density at radius 2 is 1.83 bits per heavy atom. The molecular weight excluding hydrogens is 364 g/mol. The van der Waals surface area contributed by atoms with Crippen molar-refractivity contribution >= 4 is 17.5 Å². The highest BCUT2D eigenvalue weighted by Gasteiger charge is 2.21. The van der Waals surface area contributed by atoms with Crippen LogP contribution in [0, 0.1) is 0 Å². The lowest BCUT2D eigenvalue weighted by Gasteiger charge is -2.17. The predicted molar refractivity (Wildman–Crippen MR) is 112 cm³/mol. The van der Waals surface area contributed by atoms with Crippen molar-refractivity contribution in [1.82, 2.24) is 14.9 Å². The van der Waals surface area contributed by atoms with Gasteiger partial charge in [0.25, 0.3) is 0 Å². The van der Waals surface area contributed by atoms with Gasteiger partial charge in [-0.3, -0.25) is 9.59 Å². The maximum Gasteiger partial charge on any atom is 0.227 e. The van der Waals surface area contributed by atoms with Crippen LogP contribution in [0.3, 0.4) is 0 Å². The maximum atomic E-state index is 12.5. The number of carbonyl (C=O) groups excluding carboxylic acids is 2. The number of aromatic nitrogens is 2.